The lowest BCUT2D eigenvalue weighted by Crippen LogP contribution is -2.59. The van der Waals surface area contributed by atoms with Crippen LogP contribution in [-0.2, 0) is 11.4 Å². The molecule has 0 radical (unpaired) electrons. The van der Waals surface area contributed by atoms with Crippen molar-refractivity contribution in [3.05, 3.63) is 58.4 Å². The van der Waals surface area contributed by atoms with Gasteiger partial charge in [0.2, 0.25) is 0 Å². The number of para-hydroxylation sites is 1. The molecule has 1 atom stereocenters. The molecule has 2 heterocycles. The Morgan fingerprint density at radius 1 is 1.03 bits per heavy atom. The quantitative estimate of drug-likeness (QED) is 0.284. The summed E-state index contributed by atoms with van der Waals surface area (Å²) in [5, 5.41) is 17.0. The number of aliphatic carboxylic acids is 1. The van der Waals surface area contributed by atoms with Crippen LogP contribution >= 0.6 is 22.7 Å². The second-order valence-electron chi connectivity index (χ2n) is 11.2. The fourth-order valence-corrected chi connectivity index (χ4v) is 9.35. The molecule has 2 N–H and O–H groups in total. The lowest BCUT2D eigenvalue weighted by molar-refractivity contribution is -0.150. The number of nitrogens with zero attached hydrogens (tertiary/aromatic N) is 1. The zero-order valence-corrected chi connectivity index (χ0v) is 21.9. The zero-order chi connectivity index (χ0) is 25.1. The van der Waals surface area contributed by atoms with Crippen LogP contribution in [0.4, 0.5) is 0 Å². The molecular formula is C29H28N2O4S2. The third kappa shape index (κ3) is 4.01. The van der Waals surface area contributed by atoms with Gasteiger partial charge in [0, 0.05) is 15.5 Å². The van der Waals surface area contributed by atoms with E-state index in [9.17, 15) is 14.7 Å². The zero-order valence-electron chi connectivity index (χ0n) is 20.3. The van der Waals surface area contributed by atoms with E-state index in [1.807, 2.05) is 41.8 Å². The van der Waals surface area contributed by atoms with E-state index < -0.39 is 12.0 Å². The second kappa shape index (κ2) is 8.81. The topological polar surface area (TPSA) is 88.5 Å². The van der Waals surface area contributed by atoms with Crippen molar-refractivity contribution in [2.24, 2.45) is 23.2 Å². The number of carbonyl (C=O) groups is 2. The molecule has 190 valence electrons. The van der Waals surface area contributed by atoms with Gasteiger partial charge in [-0.3, -0.25) is 4.79 Å². The van der Waals surface area contributed by atoms with Gasteiger partial charge >= 0.3 is 5.97 Å². The van der Waals surface area contributed by atoms with E-state index in [0.717, 1.165) is 44.6 Å². The van der Waals surface area contributed by atoms with Crippen molar-refractivity contribution < 1.29 is 19.4 Å². The molecule has 37 heavy (non-hydrogen) atoms. The molecule has 0 aliphatic heterocycles. The van der Waals surface area contributed by atoms with Crippen molar-refractivity contribution in [2.45, 2.75) is 51.2 Å². The largest absolute Gasteiger partial charge is 0.485 e. The first kappa shape index (κ1) is 23.2. The summed E-state index contributed by atoms with van der Waals surface area (Å²) in [6, 6.07) is 12.7. The van der Waals surface area contributed by atoms with E-state index in [4.69, 9.17) is 4.74 Å². The van der Waals surface area contributed by atoms with Crippen LogP contribution in [-0.4, -0.2) is 28.0 Å². The molecule has 4 aliphatic carbocycles. The Kier molecular flexibility index (Phi) is 5.51. The molecule has 4 bridgehead atoms. The normalized spacial score (nSPS) is 27.0. The van der Waals surface area contributed by atoms with Crippen LogP contribution in [0, 0.1) is 23.2 Å². The maximum atomic E-state index is 13.7. The molecule has 6 nitrogen and oxygen atoms in total. The minimum absolute atomic E-state index is 0.242. The van der Waals surface area contributed by atoms with Gasteiger partial charge in [-0.15, -0.1) is 22.7 Å². The third-order valence-electron chi connectivity index (χ3n) is 8.73. The maximum absolute atomic E-state index is 13.7. The molecule has 2 aromatic heterocycles. The third-order valence-corrected chi connectivity index (χ3v) is 10.6. The summed E-state index contributed by atoms with van der Waals surface area (Å²) in [5.74, 6) is 0.976. The van der Waals surface area contributed by atoms with Gasteiger partial charge in [-0.05, 0) is 92.0 Å². The van der Waals surface area contributed by atoms with Crippen molar-refractivity contribution in [3.63, 3.8) is 0 Å². The average Bonchev–Trinajstić information content (AvgIpc) is 3.51. The van der Waals surface area contributed by atoms with E-state index in [-0.39, 0.29) is 17.9 Å². The predicted molar refractivity (Wildman–Crippen MR) is 145 cm³/mol. The fourth-order valence-electron chi connectivity index (χ4n) is 7.68. The molecule has 0 saturated heterocycles. The van der Waals surface area contributed by atoms with Crippen molar-refractivity contribution in [1.82, 2.24) is 10.3 Å². The minimum Gasteiger partial charge on any atom is -0.485 e. The molecule has 4 fully saturated rings. The monoisotopic (exact) mass is 532 g/mol. The molecule has 2 aromatic carbocycles. The van der Waals surface area contributed by atoms with Crippen LogP contribution in [0.25, 0.3) is 20.3 Å². The number of hydrogen-bond acceptors (Lipinski definition) is 6. The maximum Gasteiger partial charge on any atom is 0.326 e. The fraction of sp³-hybridized carbons (Fsp3) is 0.414. The van der Waals surface area contributed by atoms with Gasteiger partial charge in [-0.2, -0.15) is 0 Å². The van der Waals surface area contributed by atoms with Crippen molar-refractivity contribution in [2.75, 3.05) is 0 Å². The van der Waals surface area contributed by atoms with Crippen molar-refractivity contribution in [3.8, 4) is 5.75 Å². The first-order valence-corrected chi connectivity index (χ1v) is 14.7. The molecule has 0 spiro atoms. The molecule has 0 unspecified atom stereocenters. The number of aromatic nitrogens is 1. The molecule has 4 aromatic rings. The number of hydrogen-bond donors (Lipinski definition) is 2. The highest BCUT2D eigenvalue weighted by Gasteiger charge is 2.56. The number of thiophene rings is 1. The lowest BCUT2D eigenvalue weighted by Gasteiger charge is -2.58. The van der Waals surface area contributed by atoms with Gasteiger partial charge in [0.1, 0.15) is 23.4 Å². The van der Waals surface area contributed by atoms with Crippen LogP contribution in [0.3, 0.4) is 0 Å². The van der Waals surface area contributed by atoms with Crippen LogP contribution in [0.5, 0.6) is 5.75 Å². The molecular weight excluding hydrogens is 504 g/mol. The number of rotatable bonds is 7. The van der Waals surface area contributed by atoms with Crippen LogP contribution < -0.4 is 10.1 Å². The Morgan fingerprint density at radius 2 is 1.76 bits per heavy atom. The Bertz CT molecular complexity index is 1450. The smallest absolute Gasteiger partial charge is 0.326 e. The van der Waals surface area contributed by atoms with E-state index in [1.165, 1.54) is 19.3 Å². The van der Waals surface area contributed by atoms with Crippen LogP contribution in [0.1, 0.15) is 53.9 Å². The standard InChI is InChI=1S/C29H28N2O4S2/c32-27(31-26(28(33)34)29-12-16-9-17(13-29)11-18(10-16)14-29)20-5-6-22-19(7-8-36-22)25(20)35-15-24-30-21-3-1-2-4-23(21)37-24/h1-8,16-18,26H,9-15H2,(H,31,32)(H,33,34)/t16?,17?,18?,26-,29?/m1/s1. The van der Waals surface area contributed by atoms with Crippen molar-refractivity contribution in [1.29, 1.82) is 0 Å². The SMILES string of the molecule is O=C(N[C@H](C(=O)O)C12CC3CC(CC(C3)C1)C2)c1ccc2sccc2c1OCc1nc2ccccc2s1. The first-order chi connectivity index (χ1) is 18.0. The summed E-state index contributed by atoms with van der Waals surface area (Å²) < 4.78 is 8.39. The van der Waals surface area contributed by atoms with E-state index in [0.29, 0.717) is 29.1 Å². The predicted octanol–water partition coefficient (Wildman–Crippen LogP) is 6.49. The molecule has 4 aliphatic rings. The molecule has 8 rings (SSSR count). The van der Waals surface area contributed by atoms with E-state index >= 15 is 0 Å². The van der Waals surface area contributed by atoms with Gasteiger partial charge in [0.15, 0.2) is 0 Å². The summed E-state index contributed by atoms with van der Waals surface area (Å²) in [6.07, 6.45) is 6.37. The number of nitrogens with one attached hydrogen (secondary N) is 1. The lowest BCUT2D eigenvalue weighted by atomic mass is 9.47. The highest BCUT2D eigenvalue weighted by atomic mass is 32.1. The Morgan fingerprint density at radius 3 is 2.46 bits per heavy atom. The van der Waals surface area contributed by atoms with Crippen LogP contribution in [0.2, 0.25) is 0 Å². The first-order valence-electron chi connectivity index (χ1n) is 13.0. The number of benzene rings is 2. The van der Waals surface area contributed by atoms with Gasteiger partial charge in [-0.25, -0.2) is 9.78 Å². The molecule has 4 saturated carbocycles. The summed E-state index contributed by atoms with van der Waals surface area (Å²) in [6.45, 7) is 0.242. The average molecular weight is 533 g/mol. The second-order valence-corrected chi connectivity index (χ2v) is 13.2. The van der Waals surface area contributed by atoms with E-state index in [1.54, 1.807) is 28.7 Å². The summed E-state index contributed by atoms with van der Waals surface area (Å²) in [5.41, 5.74) is 0.964. The summed E-state index contributed by atoms with van der Waals surface area (Å²) in [4.78, 5) is 31.0. The minimum atomic E-state index is -0.927. The number of carboxylic acid groups (broad SMARTS) is 1. The number of ether oxygens (including phenoxy) is 1. The number of amides is 1. The molecule has 8 heteroatoms. The van der Waals surface area contributed by atoms with Crippen molar-refractivity contribution >= 4 is 54.9 Å². The molecule has 1 amide bonds. The highest BCUT2D eigenvalue weighted by molar-refractivity contribution is 7.18. The van der Waals surface area contributed by atoms with E-state index in [2.05, 4.69) is 10.3 Å². The highest BCUT2D eigenvalue weighted by Crippen LogP contribution is 2.61. The number of thiazole rings is 1. The van der Waals surface area contributed by atoms with Gasteiger partial charge < -0.3 is 15.2 Å². The Balaban J connectivity index is 1.19. The van der Waals surface area contributed by atoms with Crippen LogP contribution in [0.15, 0.2) is 47.8 Å². The number of carboxylic acids is 1. The van der Waals surface area contributed by atoms with Gasteiger partial charge in [0.05, 0.1) is 15.8 Å². The summed E-state index contributed by atoms with van der Waals surface area (Å²) in [7, 11) is 0. The summed E-state index contributed by atoms with van der Waals surface area (Å²) >= 11 is 3.16. The Labute approximate surface area is 222 Å². The number of fused-ring (bicyclic) bond motifs is 2. The van der Waals surface area contributed by atoms with Gasteiger partial charge in [-0.1, -0.05) is 12.1 Å². The van der Waals surface area contributed by atoms with Gasteiger partial charge in [0.25, 0.3) is 5.91 Å². The Hall–Kier alpha value is -2.97. The number of carbonyl (C=O) groups excluding carboxylic acids is 1.